The second-order valence-electron chi connectivity index (χ2n) is 12.2. The Hall–Kier alpha value is -3.12. The molecule has 3 rings (SSSR count). The Labute approximate surface area is 249 Å². The van der Waals surface area contributed by atoms with E-state index in [1.165, 1.54) is 11.1 Å². The van der Waals surface area contributed by atoms with Crippen molar-refractivity contribution in [1.82, 2.24) is 5.32 Å². The van der Waals surface area contributed by atoms with Crippen LogP contribution in [0.1, 0.15) is 69.7 Å². The molecular weight excluding hydrogens is 544 g/mol. The summed E-state index contributed by atoms with van der Waals surface area (Å²) in [5.41, 5.74) is 3.18. The number of carbonyl (C=O) groups is 2. The fourth-order valence-electron chi connectivity index (χ4n) is 4.84. The molecule has 1 aliphatic rings. The monoisotopic (exact) mass is 586 g/mol. The van der Waals surface area contributed by atoms with E-state index in [4.69, 9.17) is 14.2 Å². The molecule has 0 saturated carbocycles. The number of fused-ring (bicyclic) bond motifs is 1. The summed E-state index contributed by atoms with van der Waals surface area (Å²) in [7, 11) is 0. The summed E-state index contributed by atoms with van der Waals surface area (Å²) in [5, 5.41) is 23.5. The normalized spacial score (nSPS) is 13.9. The van der Waals surface area contributed by atoms with Gasteiger partial charge in [0.25, 0.3) is 0 Å². The van der Waals surface area contributed by atoms with Crippen molar-refractivity contribution in [1.29, 1.82) is 5.26 Å². The van der Waals surface area contributed by atoms with E-state index in [1.807, 2.05) is 0 Å². The molecule has 2 aromatic carbocycles. The number of hydrogen-bond acceptors (Lipinski definition) is 8. The number of β-amino-alcohol motifs (C(OH)–C–C–N with tert-alkyl or cyclic N) is 1. The molecule has 2 aromatic rings. The van der Waals surface area contributed by atoms with Crippen LogP contribution in [0, 0.1) is 22.7 Å². The molecule has 0 spiro atoms. The van der Waals surface area contributed by atoms with Gasteiger partial charge in [-0.3, -0.25) is 9.59 Å². The van der Waals surface area contributed by atoms with Gasteiger partial charge in [0.15, 0.2) is 0 Å². The molecule has 9 heteroatoms. The van der Waals surface area contributed by atoms with E-state index < -0.39 is 30.3 Å². The summed E-state index contributed by atoms with van der Waals surface area (Å²) in [6.07, 6.45) is 2.84. The van der Waals surface area contributed by atoms with Crippen molar-refractivity contribution >= 4 is 24.3 Å². The SMILES string of the molecule is CC(C)(CC1Cc2ccccc2C1)NCC(O)COc1cc(CCC(=O)OCOC(=O)C(C)(C)C)ccc1C#N.Cl. The summed E-state index contributed by atoms with van der Waals surface area (Å²) in [6, 6.07) is 15.8. The van der Waals surface area contributed by atoms with Gasteiger partial charge in [-0.05, 0) is 95.0 Å². The topological polar surface area (TPSA) is 118 Å². The van der Waals surface area contributed by atoms with Gasteiger partial charge in [0.2, 0.25) is 6.79 Å². The number of aliphatic hydroxyl groups excluding tert-OH is 1. The Morgan fingerprint density at radius 3 is 2.34 bits per heavy atom. The van der Waals surface area contributed by atoms with Crippen LogP contribution in [0.15, 0.2) is 42.5 Å². The number of aryl methyl sites for hydroxylation is 1. The highest BCUT2D eigenvalue weighted by atomic mass is 35.5. The van der Waals surface area contributed by atoms with Crippen LogP contribution in [0.5, 0.6) is 5.75 Å². The Kier molecular flexibility index (Phi) is 12.6. The van der Waals surface area contributed by atoms with Gasteiger partial charge < -0.3 is 24.6 Å². The van der Waals surface area contributed by atoms with Gasteiger partial charge in [-0.25, -0.2) is 0 Å². The molecule has 1 aliphatic carbocycles. The molecule has 0 heterocycles. The van der Waals surface area contributed by atoms with Crippen LogP contribution in [-0.2, 0) is 38.3 Å². The van der Waals surface area contributed by atoms with E-state index >= 15 is 0 Å². The average Bonchev–Trinajstić information content (AvgIpc) is 3.30. The first-order valence-corrected chi connectivity index (χ1v) is 13.8. The minimum atomic E-state index is -0.763. The van der Waals surface area contributed by atoms with Crippen LogP contribution in [0.4, 0.5) is 0 Å². The molecule has 0 aromatic heterocycles. The molecule has 0 fully saturated rings. The molecule has 2 N–H and O–H groups in total. The highest BCUT2D eigenvalue weighted by Crippen LogP contribution is 2.32. The van der Waals surface area contributed by atoms with E-state index in [9.17, 15) is 20.0 Å². The third-order valence-corrected chi connectivity index (χ3v) is 6.99. The Bertz CT molecular complexity index is 1190. The largest absolute Gasteiger partial charge is 0.489 e. The summed E-state index contributed by atoms with van der Waals surface area (Å²) >= 11 is 0. The Morgan fingerprint density at radius 2 is 1.73 bits per heavy atom. The van der Waals surface area contributed by atoms with Crippen LogP contribution >= 0.6 is 12.4 Å². The molecule has 224 valence electrons. The van der Waals surface area contributed by atoms with Crippen LogP contribution in [0.25, 0.3) is 0 Å². The van der Waals surface area contributed by atoms with Crippen molar-refractivity contribution in [2.75, 3.05) is 19.9 Å². The number of benzene rings is 2. The van der Waals surface area contributed by atoms with Gasteiger partial charge in [0.1, 0.15) is 24.5 Å². The third kappa shape index (κ3) is 11.0. The minimum absolute atomic E-state index is 0. The number of rotatable bonds is 13. The highest BCUT2D eigenvalue weighted by Gasteiger charge is 2.28. The van der Waals surface area contributed by atoms with E-state index in [0.717, 1.165) is 24.8 Å². The number of aliphatic hydroxyl groups is 1. The molecule has 0 aliphatic heterocycles. The predicted octanol–water partition coefficient (Wildman–Crippen LogP) is 4.92. The van der Waals surface area contributed by atoms with Gasteiger partial charge in [-0.1, -0.05) is 30.3 Å². The zero-order valence-electron chi connectivity index (χ0n) is 24.7. The maximum Gasteiger partial charge on any atom is 0.314 e. The predicted molar refractivity (Wildman–Crippen MR) is 159 cm³/mol. The smallest absolute Gasteiger partial charge is 0.314 e. The summed E-state index contributed by atoms with van der Waals surface area (Å²) in [6.45, 7) is 9.42. The zero-order valence-corrected chi connectivity index (χ0v) is 25.5. The van der Waals surface area contributed by atoms with Crippen molar-refractivity contribution < 1.29 is 28.9 Å². The van der Waals surface area contributed by atoms with Crippen LogP contribution in [0.2, 0.25) is 0 Å². The van der Waals surface area contributed by atoms with Gasteiger partial charge in [0.05, 0.1) is 11.0 Å². The number of nitrogens with one attached hydrogen (secondary N) is 1. The van der Waals surface area contributed by atoms with E-state index in [1.54, 1.807) is 39.0 Å². The lowest BCUT2D eigenvalue weighted by Gasteiger charge is -2.30. The second kappa shape index (κ2) is 15.2. The van der Waals surface area contributed by atoms with E-state index in [-0.39, 0.29) is 31.0 Å². The fourth-order valence-corrected chi connectivity index (χ4v) is 4.84. The average molecular weight is 587 g/mol. The Balaban J connectivity index is 0.00000588. The maximum atomic E-state index is 12.1. The van der Waals surface area contributed by atoms with Crippen LogP contribution < -0.4 is 10.1 Å². The summed E-state index contributed by atoms with van der Waals surface area (Å²) < 4.78 is 15.8. The lowest BCUT2D eigenvalue weighted by atomic mass is 9.88. The third-order valence-electron chi connectivity index (χ3n) is 6.99. The van der Waals surface area contributed by atoms with Gasteiger partial charge in [0, 0.05) is 18.5 Å². The fraction of sp³-hybridized carbons (Fsp3) is 0.531. The second-order valence-corrected chi connectivity index (χ2v) is 12.2. The molecule has 8 nitrogen and oxygen atoms in total. The van der Waals surface area contributed by atoms with E-state index in [0.29, 0.717) is 30.2 Å². The molecule has 41 heavy (non-hydrogen) atoms. The number of nitrogens with zero attached hydrogens (tertiary/aromatic N) is 1. The van der Waals surface area contributed by atoms with Crippen molar-refractivity contribution in [3.05, 3.63) is 64.7 Å². The van der Waals surface area contributed by atoms with Crippen LogP contribution in [0.3, 0.4) is 0 Å². The lowest BCUT2D eigenvalue weighted by molar-refractivity contribution is -0.173. The molecule has 0 radical (unpaired) electrons. The Morgan fingerprint density at radius 1 is 1.07 bits per heavy atom. The summed E-state index contributed by atoms with van der Waals surface area (Å²) in [5.74, 6) is -0.0198. The number of nitriles is 1. The molecular formula is C32H43ClN2O6. The van der Waals surface area contributed by atoms with Crippen molar-refractivity contribution in [2.24, 2.45) is 11.3 Å². The first-order chi connectivity index (χ1) is 18.9. The van der Waals surface area contributed by atoms with Gasteiger partial charge in [-0.15, -0.1) is 12.4 Å². The van der Waals surface area contributed by atoms with Crippen molar-refractivity contribution in [3.8, 4) is 11.8 Å². The van der Waals surface area contributed by atoms with E-state index in [2.05, 4.69) is 49.5 Å². The molecule has 1 atom stereocenters. The molecule has 0 bridgehead atoms. The highest BCUT2D eigenvalue weighted by molar-refractivity contribution is 5.85. The maximum absolute atomic E-state index is 12.1. The molecule has 1 unspecified atom stereocenters. The first kappa shape index (κ1) is 34.1. The molecule has 0 amide bonds. The number of esters is 2. The standard InChI is InChI=1S/C32H42N2O6.ClH/c1-31(2,3)30(37)40-21-39-29(36)13-11-22-10-12-26(18-33)28(16-22)38-20-27(35)19-34-32(4,5)17-23-14-24-8-6-7-9-25(24)15-23;/h6-10,12,16,23,27,34-35H,11,13-15,17,19-21H2,1-5H3;1H. The van der Waals surface area contributed by atoms with Gasteiger partial charge in [-0.2, -0.15) is 5.26 Å². The minimum Gasteiger partial charge on any atom is -0.489 e. The quantitative estimate of drug-likeness (QED) is 0.251. The van der Waals surface area contributed by atoms with Crippen LogP contribution in [-0.4, -0.2) is 48.6 Å². The summed E-state index contributed by atoms with van der Waals surface area (Å²) in [4.78, 5) is 23.8. The number of carbonyl (C=O) groups excluding carboxylic acids is 2. The van der Waals surface area contributed by atoms with Crippen molar-refractivity contribution in [3.63, 3.8) is 0 Å². The number of ether oxygens (including phenoxy) is 3. The molecule has 0 saturated heterocycles. The lowest BCUT2D eigenvalue weighted by Crippen LogP contribution is -2.46. The van der Waals surface area contributed by atoms with Crippen molar-refractivity contribution in [2.45, 2.75) is 78.4 Å². The first-order valence-electron chi connectivity index (χ1n) is 13.8. The number of hydrogen-bond donors (Lipinski definition) is 2. The zero-order chi connectivity index (χ0) is 29.3. The van der Waals surface area contributed by atoms with Gasteiger partial charge >= 0.3 is 11.9 Å². The number of halogens is 1.